The first kappa shape index (κ1) is 28.4. The van der Waals surface area contributed by atoms with Gasteiger partial charge in [0.2, 0.25) is 17.7 Å². The Hall–Kier alpha value is -3.18. The number of likely N-dealkylation sites (N-methyl/N-ethyl adjacent to an activating group) is 1. The number of rotatable bonds is 6. The van der Waals surface area contributed by atoms with Gasteiger partial charge in [-0.25, -0.2) is 0 Å². The van der Waals surface area contributed by atoms with Crippen LogP contribution in [0.2, 0.25) is 0 Å². The van der Waals surface area contributed by atoms with E-state index in [0.29, 0.717) is 38.5 Å². The van der Waals surface area contributed by atoms with Gasteiger partial charge in [0.15, 0.2) is 0 Å². The fourth-order valence-electron chi connectivity index (χ4n) is 4.31. The van der Waals surface area contributed by atoms with E-state index in [1.165, 1.54) is 4.90 Å². The summed E-state index contributed by atoms with van der Waals surface area (Å²) in [6, 6.07) is 4.83. The van der Waals surface area contributed by atoms with Crippen LogP contribution in [0.3, 0.4) is 0 Å². The molecule has 204 valence electrons. The molecule has 1 fully saturated rings. The molecule has 37 heavy (non-hydrogen) atoms. The van der Waals surface area contributed by atoms with Gasteiger partial charge in [0.25, 0.3) is 5.91 Å². The number of nitrogens with one attached hydrogen (secondary N) is 3. The van der Waals surface area contributed by atoms with Crippen molar-refractivity contribution < 1.29 is 28.7 Å². The van der Waals surface area contributed by atoms with Gasteiger partial charge in [0, 0.05) is 33.2 Å². The SMILES string of the molecule is CC(C)C[C@@H]1NC(=O)C[C@@H](C(=O)NCCN2CCOCC2)NC(=O)c2ccccc2OCCN(C)C1=O. The van der Waals surface area contributed by atoms with E-state index in [-0.39, 0.29) is 37.0 Å². The molecular weight excluding hydrogens is 478 g/mol. The van der Waals surface area contributed by atoms with Crippen molar-refractivity contribution in [2.24, 2.45) is 5.92 Å². The monoisotopic (exact) mass is 517 g/mol. The van der Waals surface area contributed by atoms with E-state index in [2.05, 4.69) is 20.9 Å². The summed E-state index contributed by atoms with van der Waals surface area (Å²) in [7, 11) is 1.65. The number of carbonyl (C=O) groups excluding carboxylic acids is 4. The van der Waals surface area contributed by atoms with Crippen LogP contribution in [0.5, 0.6) is 5.75 Å². The molecule has 0 aromatic heterocycles. The zero-order chi connectivity index (χ0) is 26.8. The van der Waals surface area contributed by atoms with Crippen molar-refractivity contribution in [3.63, 3.8) is 0 Å². The molecule has 0 unspecified atom stereocenters. The summed E-state index contributed by atoms with van der Waals surface area (Å²) in [5.74, 6) is -1.20. The minimum atomic E-state index is -1.12. The third kappa shape index (κ3) is 8.71. The highest BCUT2D eigenvalue weighted by Gasteiger charge is 2.30. The van der Waals surface area contributed by atoms with Crippen molar-refractivity contribution in [2.45, 2.75) is 38.8 Å². The van der Waals surface area contributed by atoms with E-state index in [1.54, 1.807) is 31.3 Å². The lowest BCUT2D eigenvalue weighted by atomic mass is 10.0. The first-order valence-corrected chi connectivity index (χ1v) is 12.9. The molecule has 0 bridgehead atoms. The fourth-order valence-corrected chi connectivity index (χ4v) is 4.31. The molecule has 3 N–H and O–H groups in total. The molecule has 1 aromatic rings. The summed E-state index contributed by atoms with van der Waals surface area (Å²) in [6.45, 7) is 8.27. The summed E-state index contributed by atoms with van der Waals surface area (Å²) in [4.78, 5) is 56.1. The smallest absolute Gasteiger partial charge is 0.255 e. The van der Waals surface area contributed by atoms with Crippen molar-refractivity contribution in [1.82, 2.24) is 25.8 Å². The third-order valence-electron chi connectivity index (χ3n) is 6.37. The summed E-state index contributed by atoms with van der Waals surface area (Å²) < 4.78 is 11.2. The molecule has 0 spiro atoms. The lowest BCUT2D eigenvalue weighted by molar-refractivity contribution is -0.136. The second kappa shape index (κ2) is 13.9. The molecular formula is C26H39N5O6. The summed E-state index contributed by atoms with van der Waals surface area (Å²) in [6.07, 6.45) is 0.144. The van der Waals surface area contributed by atoms with E-state index in [0.717, 1.165) is 13.1 Å². The molecule has 2 aliphatic heterocycles. The van der Waals surface area contributed by atoms with Gasteiger partial charge in [-0.15, -0.1) is 0 Å². The first-order valence-electron chi connectivity index (χ1n) is 12.9. The Balaban J connectivity index is 1.78. The number of hydrogen-bond donors (Lipinski definition) is 3. The first-order chi connectivity index (χ1) is 17.7. The minimum Gasteiger partial charge on any atom is -0.491 e. The maximum atomic E-state index is 13.2. The Morgan fingerprint density at radius 1 is 1.08 bits per heavy atom. The number of amides is 4. The van der Waals surface area contributed by atoms with Gasteiger partial charge in [0.05, 0.1) is 31.7 Å². The maximum absolute atomic E-state index is 13.2. The molecule has 1 saturated heterocycles. The molecule has 0 aliphatic carbocycles. The molecule has 2 atom stereocenters. The van der Waals surface area contributed by atoms with Crippen molar-refractivity contribution in [3.05, 3.63) is 29.8 Å². The topological polar surface area (TPSA) is 129 Å². The van der Waals surface area contributed by atoms with Crippen LogP contribution in [-0.4, -0.2) is 105 Å². The number of para-hydroxylation sites is 1. The number of fused-ring (bicyclic) bond motifs is 1. The zero-order valence-corrected chi connectivity index (χ0v) is 22.0. The largest absolute Gasteiger partial charge is 0.491 e. The maximum Gasteiger partial charge on any atom is 0.255 e. The summed E-state index contributed by atoms with van der Waals surface area (Å²) >= 11 is 0. The van der Waals surface area contributed by atoms with Crippen molar-refractivity contribution in [3.8, 4) is 5.75 Å². The lowest BCUT2D eigenvalue weighted by Crippen LogP contribution is -2.53. The van der Waals surface area contributed by atoms with Crippen molar-refractivity contribution in [2.75, 3.05) is 59.6 Å². The predicted molar refractivity (Wildman–Crippen MR) is 137 cm³/mol. The molecule has 1 aromatic carbocycles. The van der Waals surface area contributed by atoms with Crippen molar-refractivity contribution in [1.29, 1.82) is 0 Å². The average molecular weight is 518 g/mol. The van der Waals surface area contributed by atoms with Gasteiger partial charge in [-0.3, -0.25) is 24.1 Å². The zero-order valence-electron chi connectivity index (χ0n) is 22.0. The van der Waals surface area contributed by atoms with Crippen molar-refractivity contribution >= 4 is 23.6 Å². The fraction of sp³-hybridized carbons (Fsp3) is 0.615. The van der Waals surface area contributed by atoms with Crippen LogP contribution in [-0.2, 0) is 19.1 Å². The number of benzene rings is 1. The molecule has 2 aliphatic rings. The highest BCUT2D eigenvalue weighted by atomic mass is 16.5. The molecule has 11 heteroatoms. The van der Waals surface area contributed by atoms with Gasteiger partial charge >= 0.3 is 0 Å². The molecule has 0 saturated carbocycles. The molecule has 2 heterocycles. The number of ether oxygens (including phenoxy) is 2. The van der Waals surface area contributed by atoms with Crippen LogP contribution in [0.4, 0.5) is 0 Å². The molecule has 0 radical (unpaired) electrons. The van der Waals surface area contributed by atoms with Crippen LogP contribution in [0.25, 0.3) is 0 Å². The number of carbonyl (C=O) groups is 4. The van der Waals surface area contributed by atoms with Gasteiger partial charge in [-0.2, -0.15) is 0 Å². The van der Waals surface area contributed by atoms with Crippen LogP contribution in [0, 0.1) is 5.92 Å². The van der Waals surface area contributed by atoms with Gasteiger partial charge in [-0.05, 0) is 24.5 Å². The number of nitrogens with zero attached hydrogens (tertiary/aromatic N) is 2. The molecule has 3 rings (SSSR count). The van der Waals surface area contributed by atoms with Crippen LogP contribution in [0.15, 0.2) is 24.3 Å². The lowest BCUT2D eigenvalue weighted by Gasteiger charge is -2.28. The second-order valence-electron chi connectivity index (χ2n) is 9.83. The highest BCUT2D eigenvalue weighted by Crippen LogP contribution is 2.19. The summed E-state index contributed by atoms with van der Waals surface area (Å²) in [5.41, 5.74) is 0.248. The third-order valence-corrected chi connectivity index (χ3v) is 6.37. The Morgan fingerprint density at radius 2 is 1.81 bits per heavy atom. The average Bonchev–Trinajstić information content (AvgIpc) is 2.87. The van der Waals surface area contributed by atoms with E-state index in [4.69, 9.17) is 9.47 Å². The van der Waals surface area contributed by atoms with E-state index < -0.39 is 29.8 Å². The van der Waals surface area contributed by atoms with E-state index >= 15 is 0 Å². The second-order valence-corrected chi connectivity index (χ2v) is 9.83. The minimum absolute atomic E-state index is 0.156. The number of hydrogen-bond acceptors (Lipinski definition) is 7. The van der Waals surface area contributed by atoms with E-state index in [1.807, 2.05) is 13.8 Å². The summed E-state index contributed by atoms with van der Waals surface area (Å²) in [5, 5.41) is 8.32. The molecule has 4 amide bonds. The van der Waals surface area contributed by atoms with Gasteiger partial charge in [0.1, 0.15) is 24.4 Å². The van der Waals surface area contributed by atoms with Crippen LogP contribution < -0.4 is 20.7 Å². The molecule has 11 nitrogen and oxygen atoms in total. The predicted octanol–water partition coefficient (Wildman–Crippen LogP) is 0.00520. The Labute approximate surface area is 218 Å². The highest BCUT2D eigenvalue weighted by molar-refractivity contribution is 6.01. The Morgan fingerprint density at radius 3 is 2.54 bits per heavy atom. The van der Waals surface area contributed by atoms with Crippen LogP contribution in [0.1, 0.15) is 37.0 Å². The van der Waals surface area contributed by atoms with Gasteiger partial charge < -0.3 is 30.3 Å². The Bertz CT molecular complexity index is 949. The quantitative estimate of drug-likeness (QED) is 0.485. The van der Waals surface area contributed by atoms with Gasteiger partial charge in [-0.1, -0.05) is 26.0 Å². The number of morpholine rings is 1. The normalized spacial score (nSPS) is 22.4. The van der Waals surface area contributed by atoms with E-state index in [9.17, 15) is 19.2 Å². The standard InChI is InChI=1S/C26H39N5O6/c1-18(2)16-21-26(35)30(3)10-15-37-22-7-5-4-6-19(22)24(33)29-20(17-23(32)28-21)25(34)27-8-9-31-11-13-36-14-12-31/h4-7,18,20-21H,8-17H2,1-3H3,(H,27,34)(H,28,32)(H,29,33)/t20-,21-/m0/s1. The Kier molecular flexibility index (Phi) is 10.7. The van der Waals surface area contributed by atoms with Crippen LogP contribution >= 0.6 is 0 Å².